The summed E-state index contributed by atoms with van der Waals surface area (Å²) in [5, 5.41) is -1.48. The Bertz CT molecular complexity index is 654. The van der Waals surface area contributed by atoms with Crippen LogP contribution in [0, 0.1) is 10.7 Å². The average Bonchev–Trinajstić information content (AvgIpc) is 2.36. The monoisotopic (exact) mass is 682 g/mol. The van der Waals surface area contributed by atoms with Crippen LogP contribution in [0.1, 0.15) is 27.6 Å². The maximum Gasteiger partial charge on any atom is 0.347 e. The van der Waals surface area contributed by atoms with Crippen molar-refractivity contribution in [1.29, 1.82) is 0 Å². The Hall–Kier alpha value is 0.920. The van der Waals surface area contributed by atoms with E-state index in [2.05, 4.69) is 0 Å². The van der Waals surface area contributed by atoms with E-state index >= 15 is 0 Å². The molecule has 0 aromatic heterocycles. The SMILES string of the molecule is CO[N+](C)(C(C)=O)c1c(I)c(C(=O)Cl)c(I)c(C(=O)Cl)c1I. The van der Waals surface area contributed by atoms with E-state index in [0.717, 1.165) is 0 Å². The maximum absolute atomic E-state index is 12.1. The van der Waals surface area contributed by atoms with Crippen LogP contribution in [-0.2, 0) is 9.63 Å². The molecule has 5 nitrogen and oxygen atoms in total. The van der Waals surface area contributed by atoms with Crippen LogP contribution in [0.15, 0.2) is 0 Å². The van der Waals surface area contributed by atoms with Crippen molar-refractivity contribution in [1.82, 2.24) is 4.65 Å². The minimum atomic E-state index is -0.739. The molecule has 0 heterocycles. The van der Waals surface area contributed by atoms with Gasteiger partial charge in [0.15, 0.2) is 0 Å². The Morgan fingerprint density at radius 1 is 0.955 bits per heavy atom. The standard InChI is InChI=1S/C12H9Cl2I3NO4/c1-4(19)18(2,22-3)10-8(16)5(11(13)20)7(15)6(9(10)17)12(14)21/h1-3H3/q+1. The number of hydrogen-bond donors (Lipinski definition) is 0. The zero-order valence-corrected chi connectivity index (χ0v) is 19.5. The number of rotatable bonds is 4. The molecule has 1 unspecified atom stereocenters. The molecule has 0 aliphatic rings. The van der Waals surface area contributed by atoms with Gasteiger partial charge in [-0.15, -0.1) is 0 Å². The molecule has 0 bridgehead atoms. The molecular formula is C12H9Cl2I3NO4+. The first-order chi connectivity index (χ1) is 10.0. The lowest BCUT2D eigenvalue weighted by atomic mass is 10.1. The molecule has 120 valence electrons. The number of carbonyl (C=O) groups excluding carboxylic acids is 3. The minimum absolute atomic E-state index is 0.130. The van der Waals surface area contributed by atoms with E-state index in [0.29, 0.717) is 16.4 Å². The van der Waals surface area contributed by atoms with Gasteiger partial charge in [-0.2, -0.15) is 4.84 Å². The van der Waals surface area contributed by atoms with Crippen molar-refractivity contribution >= 4 is 113 Å². The van der Waals surface area contributed by atoms with Crippen molar-refractivity contribution in [2.24, 2.45) is 0 Å². The van der Waals surface area contributed by atoms with Crippen LogP contribution < -0.4 is 4.65 Å². The average molecular weight is 683 g/mol. The first-order valence-electron chi connectivity index (χ1n) is 5.54. The van der Waals surface area contributed by atoms with Gasteiger partial charge in [0.25, 0.3) is 10.5 Å². The van der Waals surface area contributed by atoms with E-state index in [1.807, 2.05) is 67.8 Å². The quantitative estimate of drug-likeness (QED) is 0.206. The van der Waals surface area contributed by atoms with Crippen molar-refractivity contribution < 1.29 is 19.2 Å². The summed E-state index contributed by atoms with van der Waals surface area (Å²) < 4.78 is 0.670. The maximum atomic E-state index is 12.1. The molecule has 1 aromatic carbocycles. The summed E-state index contributed by atoms with van der Waals surface area (Å²) in [6.45, 7) is 1.35. The second-order valence-corrected chi connectivity index (χ2v) is 8.14. The number of carbonyl (C=O) groups is 3. The fraction of sp³-hybridized carbons (Fsp3) is 0.250. The van der Waals surface area contributed by atoms with Crippen LogP contribution >= 0.6 is 91.0 Å². The van der Waals surface area contributed by atoms with Crippen LogP contribution in [0.3, 0.4) is 0 Å². The summed E-state index contributed by atoms with van der Waals surface area (Å²) in [7, 11) is 2.87. The van der Waals surface area contributed by atoms with Crippen molar-refractivity contribution in [2.45, 2.75) is 6.92 Å². The Morgan fingerprint density at radius 3 is 1.55 bits per heavy atom. The summed E-state index contributed by atoms with van der Waals surface area (Å²) in [5.41, 5.74) is 0.611. The topological polar surface area (TPSA) is 60.4 Å². The molecule has 1 amide bonds. The summed E-state index contributed by atoms with van der Waals surface area (Å²) in [6, 6.07) is 0. The van der Waals surface area contributed by atoms with Gasteiger partial charge in [0.05, 0.1) is 32.3 Å². The minimum Gasteiger partial charge on any atom is -0.276 e. The first kappa shape index (κ1) is 21.0. The number of quaternary nitrogens is 1. The zero-order chi connectivity index (χ0) is 17.4. The van der Waals surface area contributed by atoms with Crippen molar-refractivity contribution in [3.05, 3.63) is 21.8 Å². The van der Waals surface area contributed by atoms with Gasteiger partial charge < -0.3 is 0 Å². The molecule has 0 aliphatic heterocycles. The van der Waals surface area contributed by atoms with Crippen LogP contribution in [0.5, 0.6) is 0 Å². The van der Waals surface area contributed by atoms with Gasteiger partial charge in [0.2, 0.25) is 5.69 Å². The van der Waals surface area contributed by atoms with Gasteiger partial charge >= 0.3 is 5.91 Å². The zero-order valence-electron chi connectivity index (χ0n) is 11.5. The highest BCUT2D eigenvalue weighted by molar-refractivity contribution is 14.1. The highest BCUT2D eigenvalue weighted by Crippen LogP contribution is 2.41. The molecule has 1 aromatic rings. The fourth-order valence-corrected chi connectivity index (χ4v) is 7.83. The Labute approximate surface area is 178 Å². The molecule has 22 heavy (non-hydrogen) atoms. The van der Waals surface area contributed by atoms with E-state index in [1.165, 1.54) is 21.1 Å². The predicted molar refractivity (Wildman–Crippen MR) is 110 cm³/mol. The summed E-state index contributed by atoms with van der Waals surface area (Å²) in [6.07, 6.45) is 0. The van der Waals surface area contributed by atoms with Gasteiger partial charge in [-0.25, -0.2) is 4.79 Å². The number of benzene rings is 1. The highest BCUT2D eigenvalue weighted by atomic mass is 127. The van der Waals surface area contributed by atoms with E-state index in [9.17, 15) is 14.4 Å². The Morgan fingerprint density at radius 2 is 1.32 bits per heavy atom. The molecule has 0 saturated carbocycles. The number of nitrogens with zero attached hydrogens (tertiary/aromatic N) is 1. The number of hydrogen-bond acceptors (Lipinski definition) is 4. The first-order valence-corrected chi connectivity index (χ1v) is 9.53. The molecule has 0 spiro atoms. The van der Waals surface area contributed by atoms with Crippen LogP contribution in [0.25, 0.3) is 0 Å². The molecule has 0 radical (unpaired) electrons. The van der Waals surface area contributed by atoms with E-state index in [-0.39, 0.29) is 17.0 Å². The molecule has 0 aliphatic carbocycles. The lowest BCUT2D eigenvalue weighted by Gasteiger charge is -2.28. The van der Waals surface area contributed by atoms with Gasteiger partial charge in [-0.1, -0.05) is 4.65 Å². The molecule has 1 atom stereocenters. The second-order valence-electron chi connectivity index (χ2n) is 4.21. The van der Waals surface area contributed by atoms with Gasteiger partial charge in [-0.3, -0.25) is 9.59 Å². The van der Waals surface area contributed by atoms with E-state index < -0.39 is 15.1 Å². The van der Waals surface area contributed by atoms with Gasteiger partial charge in [-0.05, 0) is 91.0 Å². The van der Waals surface area contributed by atoms with E-state index in [1.54, 1.807) is 0 Å². The third-order valence-electron chi connectivity index (χ3n) is 3.08. The summed E-state index contributed by atoms with van der Waals surface area (Å²) >= 11 is 17.0. The van der Waals surface area contributed by atoms with Gasteiger partial charge in [0.1, 0.15) is 7.05 Å². The lowest BCUT2D eigenvalue weighted by molar-refractivity contribution is -0.162. The Balaban J connectivity index is 4.07. The lowest BCUT2D eigenvalue weighted by Crippen LogP contribution is -2.49. The van der Waals surface area contributed by atoms with Crippen LogP contribution in [0.4, 0.5) is 5.69 Å². The summed E-state index contributed by atoms with van der Waals surface area (Å²) in [4.78, 5) is 40.9. The second kappa shape index (κ2) is 7.87. The molecule has 0 saturated heterocycles. The van der Waals surface area contributed by atoms with Crippen molar-refractivity contribution in [3.8, 4) is 0 Å². The number of hydroxylamine groups is 2. The number of amides is 1. The third-order valence-corrected chi connectivity index (χ3v) is 6.64. The molecule has 0 N–H and O–H groups in total. The molecular weight excluding hydrogens is 674 g/mol. The number of halogens is 5. The van der Waals surface area contributed by atoms with Crippen molar-refractivity contribution in [3.63, 3.8) is 0 Å². The third kappa shape index (κ3) is 3.61. The van der Waals surface area contributed by atoms with Crippen molar-refractivity contribution in [2.75, 3.05) is 14.2 Å². The molecule has 10 heteroatoms. The van der Waals surface area contributed by atoms with E-state index in [4.69, 9.17) is 28.0 Å². The fourth-order valence-electron chi connectivity index (χ4n) is 1.75. The highest BCUT2D eigenvalue weighted by Gasteiger charge is 2.41. The molecule has 0 fully saturated rings. The molecule has 1 rings (SSSR count). The van der Waals surface area contributed by atoms with Crippen LogP contribution in [0.2, 0.25) is 0 Å². The van der Waals surface area contributed by atoms with Crippen LogP contribution in [-0.4, -0.2) is 30.5 Å². The normalized spacial score (nSPS) is 13.6. The smallest absolute Gasteiger partial charge is 0.276 e. The summed E-state index contributed by atoms with van der Waals surface area (Å²) in [5.74, 6) is -0.333. The van der Waals surface area contributed by atoms with Gasteiger partial charge in [0, 0.05) is 3.57 Å². The largest absolute Gasteiger partial charge is 0.347 e. The predicted octanol–water partition coefficient (Wildman–Crippen LogP) is 4.30. The Kier molecular flexibility index (Phi) is 7.50.